The van der Waals surface area contributed by atoms with Crippen molar-refractivity contribution in [2.24, 2.45) is 5.73 Å². The Labute approximate surface area is 109 Å². The van der Waals surface area contributed by atoms with Crippen molar-refractivity contribution in [1.82, 2.24) is 5.32 Å². The monoisotopic (exact) mass is 274 g/mol. The lowest BCUT2D eigenvalue weighted by Crippen LogP contribution is -2.25. The topological polar surface area (TPSA) is 55.1 Å². The van der Waals surface area contributed by atoms with E-state index in [4.69, 9.17) is 29.6 Å². The largest absolute Gasteiger partial charge is 0.393 e. The zero-order valence-corrected chi connectivity index (χ0v) is 10.6. The van der Waals surface area contributed by atoms with Crippen LogP contribution in [0.15, 0.2) is 18.2 Å². The van der Waals surface area contributed by atoms with Crippen LogP contribution in [0.4, 0.5) is 4.39 Å². The van der Waals surface area contributed by atoms with Gasteiger partial charge in [-0.1, -0.05) is 23.8 Å². The van der Waals surface area contributed by atoms with Crippen LogP contribution in [-0.4, -0.2) is 17.4 Å². The maximum atomic E-state index is 12.8. The van der Waals surface area contributed by atoms with E-state index in [-0.39, 0.29) is 16.5 Å². The number of benzene rings is 1. The second-order valence-corrected chi connectivity index (χ2v) is 4.38. The molecule has 17 heavy (non-hydrogen) atoms. The average molecular weight is 275 g/mol. The second-order valence-electron chi connectivity index (χ2n) is 3.45. The summed E-state index contributed by atoms with van der Waals surface area (Å²) in [6.45, 7) is 0.448. The fourth-order valence-electron chi connectivity index (χ4n) is 1.23. The summed E-state index contributed by atoms with van der Waals surface area (Å²) in [7, 11) is 0. The van der Waals surface area contributed by atoms with Gasteiger partial charge in [0.2, 0.25) is 0 Å². The van der Waals surface area contributed by atoms with Gasteiger partial charge in [-0.05, 0) is 31.0 Å². The van der Waals surface area contributed by atoms with Gasteiger partial charge in [0.05, 0.1) is 15.6 Å². The van der Waals surface area contributed by atoms with E-state index in [1.807, 2.05) is 0 Å². The summed E-state index contributed by atoms with van der Waals surface area (Å²) in [6, 6.07) is 3.64. The highest BCUT2D eigenvalue weighted by Gasteiger charge is 2.10. The molecular weight excluding hydrogens is 263 g/mol. The zero-order chi connectivity index (χ0) is 12.8. The highest BCUT2D eigenvalue weighted by atomic mass is 35.5. The van der Waals surface area contributed by atoms with Crippen LogP contribution in [0, 0.1) is 5.82 Å². The van der Waals surface area contributed by atoms with E-state index in [0.29, 0.717) is 24.4 Å². The molecule has 0 bridgehead atoms. The molecule has 0 heterocycles. The maximum absolute atomic E-state index is 12.8. The van der Waals surface area contributed by atoms with Crippen LogP contribution in [0.5, 0.6) is 0 Å². The van der Waals surface area contributed by atoms with Crippen molar-refractivity contribution in [3.05, 3.63) is 34.6 Å². The van der Waals surface area contributed by atoms with Crippen LogP contribution in [0.25, 0.3) is 0 Å². The second kappa shape index (κ2) is 6.51. The summed E-state index contributed by atoms with van der Waals surface area (Å²) in [5.74, 6) is -0.807. The summed E-state index contributed by atoms with van der Waals surface area (Å²) in [5, 5.41) is 2.75. The predicted octanol–water partition coefficient (Wildman–Crippen LogP) is 2.28. The van der Waals surface area contributed by atoms with Gasteiger partial charge < -0.3 is 11.1 Å². The molecule has 0 radical (unpaired) electrons. The molecule has 0 aliphatic carbocycles. The molecule has 0 saturated carbocycles. The molecule has 0 fully saturated rings. The third-order valence-electron chi connectivity index (χ3n) is 2.06. The Morgan fingerprint density at radius 1 is 1.53 bits per heavy atom. The van der Waals surface area contributed by atoms with Gasteiger partial charge in [-0.25, -0.2) is 4.39 Å². The number of nitrogens with two attached hydrogens (primary N) is 1. The fraction of sp³-hybridized carbons (Fsp3) is 0.273. The normalized spacial score (nSPS) is 10.0. The van der Waals surface area contributed by atoms with E-state index in [1.54, 1.807) is 0 Å². The van der Waals surface area contributed by atoms with Crippen molar-refractivity contribution < 1.29 is 9.18 Å². The van der Waals surface area contributed by atoms with Crippen LogP contribution in [0.2, 0.25) is 5.02 Å². The van der Waals surface area contributed by atoms with Gasteiger partial charge in [0.25, 0.3) is 5.91 Å². The highest BCUT2D eigenvalue weighted by Crippen LogP contribution is 2.16. The molecule has 3 N–H and O–H groups in total. The quantitative estimate of drug-likeness (QED) is 0.640. The first kappa shape index (κ1) is 13.9. The Bertz CT molecular complexity index is 439. The summed E-state index contributed by atoms with van der Waals surface area (Å²) in [5.41, 5.74) is 5.57. The van der Waals surface area contributed by atoms with Gasteiger partial charge in [-0.2, -0.15) is 0 Å². The summed E-state index contributed by atoms with van der Waals surface area (Å²) >= 11 is 10.5. The van der Waals surface area contributed by atoms with Crippen molar-refractivity contribution in [1.29, 1.82) is 0 Å². The number of hydrogen-bond donors (Lipinski definition) is 2. The van der Waals surface area contributed by atoms with Crippen LogP contribution >= 0.6 is 23.8 Å². The number of carbonyl (C=O) groups is 1. The molecule has 1 rings (SSSR count). The summed E-state index contributed by atoms with van der Waals surface area (Å²) in [4.78, 5) is 12.1. The summed E-state index contributed by atoms with van der Waals surface area (Å²) < 4.78 is 12.8. The van der Waals surface area contributed by atoms with E-state index in [9.17, 15) is 9.18 Å². The van der Waals surface area contributed by atoms with E-state index in [1.165, 1.54) is 12.1 Å². The number of carbonyl (C=O) groups excluding carboxylic acids is 1. The third kappa shape index (κ3) is 4.66. The van der Waals surface area contributed by atoms with Gasteiger partial charge in [0.15, 0.2) is 0 Å². The molecule has 1 aromatic rings. The molecule has 0 aliphatic rings. The van der Waals surface area contributed by atoms with Gasteiger partial charge in [0, 0.05) is 6.54 Å². The first-order valence-corrected chi connectivity index (χ1v) is 5.81. The number of amides is 1. The molecule has 0 spiro atoms. The molecule has 92 valence electrons. The highest BCUT2D eigenvalue weighted by molar-refractivity contribution is 7.80. The minimum atomic E-state index is -0.472. The molecule has 0 aliphatic heterocycles. The SMILES string of the molecule is NC(=S)CCCNC(=O)c1ccc(F)cc1Cl. The first-order chi connectivity index (χ1) is 8.00. The lowest BCUT2D eigenvalue weighted by Gasteiger charge is -2.06. The van der Waals surface area contributed by atoms with E-state index < -0.39 is 5.82 Å². The van der Waals surface area contributed by atoms with Crippen LogP contribution in [0.3, 0.4) is 0 Å². The minimum Gasteiger partial charge on any atom is -0.393 e. The van der Waals surface area contributed by atoms with Crippen molar-refractivity contribution >= 4 is 34.7 Å². The van der Waals surface area contributed by atoms with Crippen LogP contribution in [0.1, 0.15) is 23.2 Å². The van der Waals surface area contributed by atoms with E-state index in [2.05, 4.69) is 5.32 Å². The Kier molecular flexibility index (Phi) is 5.31. The van der Waals surface area contributed by atoms with Gasteiger partial charge in [-0.15, -0.1) is 0 Å². The van der Waals surface area contributed by atoms with Crippen LogP contribution < -0.4 is 11.1 Å². The first-order valence-electron chi connectivity index (χ1n) is 5.02. The summed E-state index contributed by atoms with van der Waals surface area (Å²) in [6.07, 6.45) is 1.24. The molecule has 1 aromatic carbocycles. The Morgan fingerprint density at radius 2 is 2.24 bits per heavy atom. The fourth-order valence-corrected chi connectivity index (χ4v) is 1.63. The van der Waals surface area contributed by atoms with Gasteiger partial charge in [0.1, 0.15) is 5.82 Å². The number of nitrogens with one attached hydrogen (secondary N) is 1. The minimum absolute atomic E-state index is 0.0943. The number of rotatable bonds is 5. The molecule has 0 unspecified atom stereocenters. The van der Waals surface area contributed by atoms with Crippen molar-refractivity contribution in [2.45, 2.75) is 12.8 Å². The zero-order valence-electron chi connectivity index (χ0n) is 9.00. The van der Waals surface area contributed by atoms with Crippen molar-refractivity contribution in [3.63, 3.8) is 0 Å². The molecule has 1 amide bonds. The molecular formula is C11H12ClFN2OS. The number of thiocarbonyl (C=S) groups is 1. The van der Waals surface area contributed by atoms with Crippen molar-refractivity contribution in [3.8, 4) is 0 Å². The number of hydrogen-bond acceptors (Lipinski definition) is 2. The Balaban J connectivity index is 2.50. The lowest BCUT2D eigenvalue weighted by molar-refractivity contribution is 0.0953. The smallest absolute Gasteiger partial charge is 0.252 e. The molecule has 0 aromatic heterocycles. The van der Waals surface area contributed by atoms with Gasteiger partial charge >= 0.3 is 0 Å². The van der Waals surface area contributed by atoms with Crippen molar-refractivity contribution in [2.75, 3.05) is 6.54 Å². The Hall–Kier alpha value is -1.20. The average Bonchev–Trinajstić information content (AvgIpc) is 2.23. The predicted molar refractivity (Wildman–Crippen MR) is 69.8 cm³/mol. The molecule has 6 heteroatoms. The maximum Gasteiger partial charge on any atom is 0.252 e. The van der Waals surface area contributed by atoms with E-state index >= 15 is 0 Å². The molecule has 3 nitrogen and oxygen atoms in total. The van der Waals surface area contributed by atoms with E-state index in [0.717, 1.165) is 6.07 Å². The Morgan fingerprint density at radius 3 is 2.82 bits per heavy atom. The number of halogens is 2. The lowest BCUT2D eigenvalue weighted by atomic mass is 10.2. The molecule has 0 saturated heterocycles. The van der Waals surface area contributed by atoms with Crippen LogP contribution in [-0.2, 0) is 0 Å². The molecule has 0 atom stereocenters. The third-order valence-corrected chi connectivity index (χ3v) is 2.58. The standard InChI is InChI=1S/C11H12ClFN2OS/c12-9-6-7(13)3-4-8(9)11(16)15-5-1-2-10(14)17/h3-4,6H,1-2,5H2,(H2,14,17)(H,15,16). The van der Waals surface area contributed by atoms with Gasteiger partial charge in [-0.3, -0.25) is 4.79 Å².